The van der Waals surface area contributed by atoms with Crippen LogP contribution in [0.2, 0.25) is 0 Å². The normalized spacial score (nSPS) is 12.2. The average Bonchev–Trinajstić information content (AvgIpc) is 2.95. The van der Waals surface area contributed by atoms with Gasteiger partial charge in [-0.2, -0.15) is 26.3 Å². The zero-order chi connectivity index (χ0) is 28.1. The number of hydrogen-bond donors (Lipinski definition) is 0. The lowest BCUT2D eigenvalue weighted by Gasteiger charge is -2.15. The van der Waals surface area contributed by atoms with Gasteiger partial charge < -0.3 is 0 Å². The molecule has 0 amide bonds. The van der Waals surface area contributed by atoms with E-state index < -0.39 is 23.5 Å². The van der Waals surface area contributed by atoms with Crippen molar-refractivity contribution in [3.05, 3.63) is 127 Å². The summed E-state index contributed by atoms with van der Waals surface area (Å²) in [5.41, 5.74) is 0.849. The lowest BCUT2D eigenvalue weighted by molar-refractivity contribution is -0.143. The van der Waals surface area contributed by atoms with E-state index in [0.717, 1.165) is 50.7 Å². The summed E-state index contributed by atoms with van der Waals surface area (Å²) in [5.74, 6) is 0. The first kappa shape index (κ1) is 25.6. The van der Waals surface area contributed by atoms with Crippen molar-refractivity contribution in [1.29, 1.82) is 0 Å². The number of alkyl halides is 6. The van der Waals surface area contributed by atoms with Crippen LogP contribution in [-0.4, -0.2) is 4.98 Å². The number of aromatic nitrogens is 1. The molecular formula is C33H19F6N. The van der Waals surface area contributed by atoms with Crippen molar-refractivity contribution < 1.29 is 26.3 Å². The third-order valence-corrected chi connectivity index (χ3v) is 6.90. The van der Waals surface area contributed by atoms with Crippen LogP contribution in [0.25, 0.3) is 55.1 Å². The number of fused-ring (bicyclic) bond motifs is 2. The summed E-state index contributed by atoms with van der Waals surface area (Å²) in [6.07, 6.45) is -8.07. The summed E-state index contributed by atoms with van der Waals surface area (Å²) >= 11 is 0. The second kappa shape index (κ2) is 9.52. The third kappa shape index (κ3) is 5.02. The van der Waals surface area contributed by atoms with Crippen molar-refractivity contribution >= 4 is 21.5 Å². The maximum absolute atomic E-state index is 13.4. The molecule has 0 saturated heterocycles. The van der Waals surface area contributed by atoms with Crippen molar-refractivity contribution in [2.75, 3.05) is 0 Å². The van der Waals surface area contributed by atoms with Crippen molar-refractivity contribution in [3.8, 4) is 33.5 Å². The Morgan fingerprint density at radius 2 is 0.900 bits per heavy atom. The Bertz CT molecular complexity index is 1840. The predicted octanol–water partition coefficient (Wildman–Crippen LogP) is 10.4. The van der Waals surface area contributed by atoms with Gasteiger partial charge in [-0.1, -0.05) is 66.7 Å². The van der Waals surface area contributed by atoms with Gasteiger partial charge >= 0.3 is 12.4 Å². The molecule has 198 valence electrons. The van der Waals surface area contributed by atoms with E-state index in [1.165, 1.54) is 6.07 Å². The predicted molar refractivity (Wildman–Crippen MR) is 146 cm³/mol. The Morgan fingerprint density at radius 1 is 0.400 bits per heavy atom. The van der Waals surface area contributed by atoms with Crippen LogP contribution in [0.5, 0.6) is 0 Å². The van der Waals surface area contributed by atoms with Gasteiger partial charge in [-0.05, 0) is 80.7 Å². The molecule has 1 aromatic heterocycles. The van der Waals surface area contributed by atoms with Gasteiger partial charge in [0.05, 0.1) is 16.8 Å². The van der Waals surface area contributed by atoms with Crippen LogP contribution in [0.3, 0.4) is 0 Å². The number of hydrogen-bond acceptors (Lipinski definition) is 1. The molecule has 0 N–H and O–H groups in total. The fourth-order valence-electron chi connectivity index (χ4n) is 4.81. The Hall–Kier alpha value is -4.65. The minimum absolute atomic E-state index is 0.136. The van der Waals surface area contributed by atoms with Crippen LogP contribution >= 0.6 is 0 Å². The summed E-state index contributed by atoms with van der Waals surface area (Å²) in [7, 11) is 0. The van der Waals surface area contributed by atoms with E-state index in [1.807, 2.05) is 66.7 Å². The highest BCUT2D eigenvalue weighted by Gasteiger charge is 2.37. The molecule has 6 aromatic rings. The third-order valence-electron chi connectivity index (χ3n) is 6.90. The molecule has 0 atom stereocenters. The minimum atomic E-state index is -4.91. The zero-order valence-electron chi connectivity index (χ0n) is 20.7. The molecule has 0 fully saturated rings. The van der Waals surface area contributed by atoms with Crippen LogP contribution in [-0.2, 0) is 12.4 Å². The number of halogens is 6. The topological polar surface area (TPSA) is 12.9 Å². The minimum Gasteiger partial charge on any atom is -0.256 e. The molecule has 5 aromatic carbocycles. The van der Waals surface area contributed by atoms with Crippen LogP contribution in [0.15, 0.2) is 115 Å². The molecule has 1 nitrogen and oxygen atoms in total. The highest BCUT2D eigenvalue weighted by Crippen LogP contribution is 2.39. The maximum Gasteiger partial charge on any atom is 0.416 e. The quantitative estimate of drug-likeness (QED) is 0.202. The van der Waals surface area contributed by atoms with Gasteiger partial charge in [0.15, 0.2) is 0 Å². The summed E-state index contributed by atoms with van der Waals surface area (Å²) in [5, 5.41) is 3.73. The van der Waals surface area contributed by atoms with Crippen molar-refractivity contribution in [2.24, 2.45) is 0 Å². The molecule has 1 heterocycles. The number of nitrogens with zero attached hydrogens (tertiary/aromatic N) is 1. The van der Waals surface area contributed by atoms with Gasteiger partial charge in [-0.3, -0.25) is 4.98 Å². The lowest BCUT2D eigenvalue weighted by Crippen LogP contribution is -2.11. The van der Waals surface area contributed by atoms with Crippen molar-refractivity contribution in [3.63, 3.8) is 0 Å². The van der Waals surface area contributed by atoms with Gasteiger partial charge in [0.2, 0.25) is 0 Å². The summed E-state index contributed by atoms with van der Waals surface area (Å²) in [6, 6.07) is 30.1. The molecule has 0 radical (unpaired) electrons. The van der Waals surface area contributed by atoms with Crippen LogP contribution in [0.1, 0.15) is 11.1 Å². The molecule has 0 bridgehead atoms. The molecule has 0 aliphatic heterocycles. The monoisotopic (exact) mass is 543 g/mol. The Kier molecular flexibility index (Phi) is 6.10. The highest BCUT2D eigenvalue weighted by atomic mass is 19.4. The van der Waals surface area contributed by atoms with E-state index in [9.17, 15) is 26.3 Å². The zero-order valence-corrected chi connectivity index (χ0v) is 20.7. The highest BCUT2D eigenvalue weighted by molar-refractivity contribution is 5.91. The summed E-state index contributed by atoms with van der Waals surface area (Å²) < 4.78 is 80.3. The van der Waals surface area contributed by atoms with Gasteiger partial charge in [0.25, 0.3) is 0 Å². The fraction of sp³-hybridized carbons (Fsp3) is 0.0606. The Balaban J connectivity index is 1.36. The lowest BCUT2D eigenvalue weighted by atomic mass is 9.95. The largest absolute Gasteiger partial charge is 0.416 e. The van der Waals surface area contributed by atoms with E-state index in [2.05, 4.69) is 11.1 Å². The average molecular weight is 544 g/mol. The van der Waals surface area contributed by atoms with Crippen LogP contribution < -0.4 is 0 Å². The molecule has 0 aliphatic rings. The molecule has 0 spiro atoms. The van der Waals surface area contributed by atoms with E-state index in [0.29, 0.717) is 5.39 Å². The first-order chi connectivity index (χ1) is 19.0. The van der Waals surface area contributed by atoms with Crippen molar-refractivity contribution in [2.45, 2.75) is 12.4 Å². The van der Waals surface area contributed by atoms with Crippen molar-refractivity contribution in [1.82, 2.24) is 4.98 Å². The molecule has 6 rings (SSSR count). The molecular weight excluding hydrogens is 524 g/mol. The first-order valence-electron chi connectivity index (χ1n) is 12.3. The van der Waals surface area contributed by atoms with E-state index >= 15 is 0 Å². The number of rotatable bonds is 3. The van der Waals surface area contributed by atoms with E-state index in [-0.39, 0.29) is 17.2 Å². The van der Waals surface area contributed by atoms with Gasteiger partial charge in [-0.15, -0.1) is 0 Å². The fourth-order valence-corrected chi connectivity index (χ4v) is 4.81. The van der Waals surface area contributed by atoms with Gasteiger partial charge in [0.1, 0.15) is 0 Å². The maximum atomic E-state index is 13.4. The van der Waals surface area contributed by atoms with Gasteiger partial charge in [-0.25, -0.2) is 0 Å². The Labute approximate surface area is 225 Å². The Morgan fingerprint density at radius 3 is 1.48 bits per heavy atom. The standard InChI is InChI=1S/C33H19F6N/c34-32(35,36)29-16-28(17-30(18-29)33(37,38)39)24-9-6-21-5-8-23(14-27(21)15-24)26-11-12-31(40-19-26)25-10-7-20-3-1-2-4-22(20)13-25/h1-19H. The molecule has 0 unspecified atom stereocenters. The number of pyridine rings is 1. The molecule has 0 saturated carbocycles. The SMILES string of the molecule is FC(F)(F)c1cc(-c2ccc3ccc(-c4ccc(-c5ccc6ccccc6c5)nc4)cc3c2)cc(C(F)(F)F)c1. The molecule has 0 aliphatic carbocycles. The van der Waals surface area contributed by atoms with Crippen LogP contribution in [0, 0.1) is 0 Å². The summed E-state index contributed by atoms with van der Waals surface area (Å²) in [6.45, 7) is 0. The second-order valence-corrected chi connectivity index (χ2v) is 9.57. The molecule has 7 heteroatoms. The molecule has 40 heavy (non-hydrogen) atoms. The summed E-state index contributed by atoms with van der Waals surface area (Å²) in [4.78, 5) is 4.63. The first-order valence-corrected chi connectivity index (χ1v) is 12.3. The smallest absolute Gasteiger partial charge is 0.256 e. The van der Waals surface area contributed by atoms with E-state index in [1.54, 1.807) is 18.3 Å². The van der Waals surface area contributed by atoms with Gasteiger partial charge in [0, 0.05) is 17.3 Å². The van der Waals surface area contributed by atoms with E-state index in [4.69, 9.17) is 0 Å². The number of benzene rings is 5. The second-order valence-electron chi connectivity index (χ2n) is 9.57. The van der Waals surface area contributed by atoms with Crippen LogP contribution in [0.4, 0.5) is 26.3 Å².